The maximum Gasteiger partial charge on any atom is 0.234 e. The molecule has 0 bridgehead atoms. The minimum Gasteiger partial charge on any atom is -0.325 e. The van der Waals surface area contributed by atoms with E-state index in [1.807, 2.05) is 6.07 Å². The molecule has 8 heteroatoms. The number of carbonyl (C=O) groups is 1. The molecule has 2 aromatic carbocycles. The van der Waals surface area contributed by atoms with E-state index in [4.69, 9.17) is 44.8 Å². The van der Waals surface area contributed by atoms with E-state index in [2.05, 4.69) is 5.32 Å². The number of hydrogen-bond acceptors (Lipinski definition) is 4. The molecule has 1 fully saturated rings. The van der Waals surface area contributed by atoms with Gasteiger partial charge in [-0.05, 0) is 62.1 Å². The highest BCUT2D eigenvalue weighted by Crippen LogP contribution is 2.40. The Bertz CT molecular complexity index is 999. The van der Waals surface area contributed by atoms with Gasteiger partial charge in [0.15, 0.2) is 5.66 Å². The first kappa shape index (κ1) is 20.7. The third-order valence-electron chi connectivity index (χ3n) is 4.90. The normalized spacial score (nSPS) is 17.3. The van der Waals surface area contributed by atoms with Crippen molar-refractivity contribution in [2.24, 2.45) is 9.98 Å². The lowest BCUT2D eigenvalue weighted by Crippen LogP contribution is -2.17. The monoisotopic (exact) mass is 465 g/mol. The highest BCUT2D eigenvalue weighted by atomic mass is 35.5. The standard InChI is InChI=1S/C21H18Cl3N3OS/c22-14-4-6-15(7-5-14)25-18(28)12-29-20-19(13-3-8-16(23)17(24)11-13)26-21(27-20)9-1-2-10-21/h3-8,11H,1-2,9-10,12H2,(H,25,28). The number of anilines is 1. The molecular formula is C21H18Cl3N3OS. The van der Waals surface area contributed by atoms with Crippen LogP contribution in [0.1, 0.15) is 31.2 Å². The van der Waals surface area contributed by atoms with Crippen molar-refractivity contribution in [2.45, 2.75) is 31.3 Å². The third kappa shape index (κ3) is 4.80. The number of hydrogen-bond donors (Lipinski definition) is 1. The van der Waals surface area contributed by atoms with E-state index >= 15 is 0 Å². The van der Waals surface area contributed by atoms with Gasteiger partial charge in [-0.15, -0.1) is 0 Å². The number of aliphatic imine (C=N–C) groups is 2. The summed E-state index contributed by atoms with van der Waals surface area (Å²) in [5.74, 6) is 0.124. The largest absolute Gasteiger partial charge is 0.325 e. The van der Waals surface area contributed by atoms with Gasteiger partial charge in [-0.25, -0.2) is 4.99 Å². The van der Waals surface area contributed by atoms with Gasteiger partial charge in [0.05, 0.1) is 21.5 Å². The van der Waals surface area contributed by atoms with Gasteiger partial charge >= 0.3 is 0 Å². The highest BCUT2D eigenvalue weighted by Gasteiger charge is 2.39. The van der Waals surface area contributed by atoms with Crippen molar-refractivity contribution >= 4 is 68.9 Å². The van der Waals surface area contributed by atoms with Crippen molar-refractivity contribution in [3.05, 3.63) is 63.1 Å². The number of carbonyl (C=O) groups excluding carboxylic acids is 1. The molecule has 0 atom stereocenters. The first-order chi connectivity index (χ1) is 13.9. The van der Waals surface area contributed by atoms with Gasteiger partial charge in [0, 0.05) is 16.3 Å². The van der Waals surface area contributed by atoms with Gasteiger partial charge in [0.2, 0.25) is 5.91 Å². The smallest absolute Gasteiger partial charge is 0.234 e. The molecule has 4 rings (SSSR count). The highest BCUT2D eigenvalue weighted by molar-refractivity contribution is 8.16. The van der Waals surface area contributed by atoms with Crippen LogP contribution in [-0.2, 0) is 4.79 Å². The third-order valence-corrected chi connectivity index (χ3v) is 6.85. The molecule has 2 aromatic rings. The summed E-state index contributed by atoms with van der Waals surface area (Å²) in [6.45, 7) is 0. The molecule has 1 heterocycles. The summed E-state index contributed by atoms with van der Waals surface area (Å²) >= 11 is 19.6. The second-order valence-corrected chi connectivity index (χ2v) is 9.25. The lowest BCUT2D eigenvalue weighted by atomic mass is 10.1. The maximum atomic E-state index is 12.4. The fraction of sp³-hybridized carbons (Fsp3) is 0.286. The first-order valence-corrected chi connectivity index (χ1v) is 11.4. The van der Waals surface area contributed by atoms with Crippen molar-refractivity contribution in [1.29, 1.82) is 0 Å². The summed E-state index contributed by atoms with van der Waals surface area (Å²) in [6, 6.07) is 12.5. The van der Waals surface area contributed by atoms with Crippen LogP contribution in [0.3, 0.4) is 0 Å². The predicted molar refractivity (Wildman–Crippen MR) is 124 cm³/mol. The number of benzene rings is 2. The Kier molecular flexibility index (Phi) is 6.21. The van der Waals surface area contributed by atoms with Crippen LogP contribution in [0.5, 0.6) is 0 Å². The summed E-state index contributed by atoms with van der Waals surface area (Å²) in [7, 11) is 0. The Labute approximate surface area is 188 Å². The minimum atomic E-state index is -0.392. The molecule has 1 aliphatic carbocycles. The Hall–Kier alpha value is -1.53. The quantitative estimate of drug-likeness (QED) is 0.560. The molecule has 1 spiro atoms. The molecule has 0 saturated heterocycles. The van der Waals surface area contributed by atoms with Crippen LogP contribution < -0.4 is 5.32 Å². The van der Waals surface area contributed by atoms with Crippen LogP contribution in [0.4, 0.5) is 5.69 Å². The zero-order chi connectivity index (χ0) is 20.4. The van der Waals surface area contributed by atoms with Crippen molar-refractivity contribution in [3.8, 4) is 0 Å². The van der Waals surface area contributed by atoms with Crippen LogP contribution in [0.15, 0.2) is 52.4 Å². The topological polar surface area (TPSA) is 53.8 Å². The van der Waals surface area contributed by atoms with E-state index in [-0.39, 0.29) is 11.7 Å². The van der Waals surface area contributed by atoms with E-state index in [0.29, 0.717) is 20.8 Å². The number of amides is 1. The number of rotatable bonds is 4. The van der Waals surface area contributed by atoms with Crippen molar-refractivity contribution in [1.82, 2.24) is 0 Å². The maximum absolute atomic E-state index is 12.4. The van der Waals surface area contributed by atoms with E-state index in [1.165, 1.54) is 11.8 Å². The minimum absolute atomic E-state index is 0.110. The Morgan fingerprint density at radius 1 is 1.00 bits per heavy atom. The van der Waals surface area contributed by atoms with Gasteiger partial charge in [-0.2, -0.15) is 0 Å². The fourth-order valence-electron chi connectivity index (χ4n) is 3.48. The van der Waals surface area contributed by atoms with Crippen LogP contribution in [0.2, 0.25) is 15.1 Å². The van der Waals surface area contributed by atoms with E-state index in [0.717, 1.165) is 42.0 Å². The fourth-order valence-corrected chi connectivity index (χ4v) is 4.78. The van der Waals surface area contributed by atoms with Crippen LogP contribution in [0.25, 0.3) is 0 Å². The molecule has 1 saturated carbocycles. The molecule has 150 valence electrons. The summed E-state index contributed by atoms with van der Waals surface area (Å²) < 4.78 is 0. The molecule has 0 unspecified atom stereocenters. The molecular weight excluding hydrogens is 449 g/mol. The lowest BCUT2D eigenvalue weighted by molar-refractivity contribution is -0.113. The number of thioether (sulfide) groups is 1. The van der Waals surface area contributed by atoms with E-state index < -0.39 is 5.66 Å². The average Bonchev–Trinajstić information content (AvgIpc) is 3.31. The van der Waals surface area contributed by atoms with Gasteiger partial charge in [0.25, 0.3) is 0 Å². The number of halogens is 3. The molecule has 29 heavy (non-hydrogen) atoms. The molecule has 1 aliphatic heterocycles. The van der Waals surface area contributed by atoms with Crippen molar-refractivity contribution in [2.75, 3.05) is 11.1 Å². The lowest BCUT2D eigenvalue weighted by Gasteiger charge is -2.14. The molecule has 0 radical (unpaired) electrons. The van der Waals surface area contributed by atoms with E-state index in [9.17, 15) is 4.79 Å². The van der Waals surface area contributed by atoms with Crippen LogP contribution in [-0.4, -0.2) is 28.1 Å². The summed E-state index contributed by atoms with van der Waals surface area (Å²) in [6.07, 6.45) is 4.07. The molecule has 0 aromatic heterocycles. The van der Waals surface area contributed by atoms with Crippen LogP contribution >= 0.6 is 46.6 Å². The van der Waals surface area contributed by atoms with Crippen molar-refractivity contribution in [3.63, 3.8) is 0 Å². The molecule has 1 N–H and O–H groups in total. The zero-order valence-corrected chi connectivity index (χ0v) is 18.5. The Morgan fingerprint density at radius 3 is 2.41 bits per heavy atom. The van der Waals surface area contributed by atoms with Crippen LogP contribution in [0, 0.1) is 0 Å². The second-order valence-electron chi connectivity index (χ2n) is 7.04. The summed E-state index contributed by atoms with van der Waals surface area (Å²) in [5.41, 5.74) is 1.97. The summed E-state index contributed by atoms with van der Waals surface area (Å²) in [5, 5.41) is 5.25. The molecule has 1 amide bonds. The zero-order valence-electron chi connectivity index (χ0n) is 15.4. The number of nitrogens with one attached hydrogen (secondary N) is 1. The van der Waals surface area contributed by atoms with Crippen molar-refractivity contribution < 1.29 is 4.79 Å². The first-order valence-electron chi connectivity index (χ1n) is 9.28. The second kappa shape index (κ2) is 8.68. The molecule has 2 aliphatic rings. The summed E-state index contributed by atoms with van der Waals surface area (Å²) in [4.78, 5) is 22.3. The predicted octanol–water partition coefficient (Wildman–Crippen LogP) is 6.49. The van der Waals surface area contributed by atoms with E-state index in [1.54, 1.807) is 36.4 Å². The van der Waals surface area contributed by atoms with Gasteiger partial charge in [0.1, 0.15) is 5.04 Å². The van der Waals surface area contributed by atoms with Gasteiger partial charge in [-0.1, -0.05) is 52.6 Å². The Balaban J connectivity index is 1.50. The number of nitrogens with zero attached hydrogens (tertiary/aromatic N) is 2. The molecule has 4 nitrogen and oxygen atoms in total. The average molecular weight is 467 g/mol. The van der Waals surface area contributed by atoms with Gasteiger partial charge in [-0.3, -0.25) is 9.79 Å². The SMILES string of the molecule is O=C(CSC1=NC2(CCCC2)N=C1c1ccc(Cl)c(Cl)c1)Nc1ccc(Cl)cc1. The Morgan fingerprint density at radius 2 is 1.72 bits per heavy atom. The van der Waals surface area contributed by atoms with Gasteiger partial charge < -0.3 is 5.32 Å².